The van der Waals surface area contributed by atoms with E-state index >= 15 is 0 Å². The predicted octanol–water partition coefficient (Wildman–Crippen LogP) is 2.23. The maximum Gasteiger partial charge on any atom is 0.309 e. The first-order chi connectivity index (χ1) is 8.86. The Morgan fingerprint density at radius 3 is 2.58 bits per heavy atom. The standard InChI is InChI=1S/C15H20O4/c1-9(8-16)7-14-13(11(3)15(18)19-14)6-5-10(2)12(4)17/h7-8,11,13-14H,2,5-6H2,1,3-4H3. The van der Waals surface area contributed by atoms with Crippen LogP contribution in [0.3, 0.4) is 0 Å². The lowest BCUT2D eigenvalue weighted by Gasteiger charge is -2.17. The molecule has 3 atom stereocenters. The molecule has 4 nitrogen and oxygen atoms in total. The summed E-state index contributed by atoms with van der Waals surface area (Å²) in [7, 11) is 0. The van der Waals surface area contributed by atoms with E-state index in [0.717, 1.165) is 6.29 Å². The quantitative estimate of drug-likeness (QED) is 0.419. The van der Waals surface area contributed by atoms with Crippen molar-refractivity contribution in [2.24, 2.45) is 11.8 Å². The summed E-state index contributed by atoms with van der Waals surface area (Å²) in [6, 6.07) is 0. The summed E-state index contributed by atoms with van der Waals surface area (Å²) in [5, 5.41) is 0. The predicted molar refractivity (Wildman–Crippen MR) is 71.4 cm³/mol. The zero-order valence-electron chi connectivity index (χ0n) is 11.6. The SMILES string of the molecule is C=C(CCC1C(C=C(C)C=O)OC(=O)C1C)C(C)=O. The van der Waals surface area contributed by atoms with Crippen LogP contribution in [-0.2, 0) is 19.1 Å². The summed E-state index contributed by atoms with van der Waals surface area (Å²) >= 11 is 0. The molecule has 0 radical (unpaired) electrons. The van der Waals surface area contributed by atoms with Gasteiger partial charge in [-0.2, -0.15) is 0 Å². The molecule has 3 unspecified atom stereocenters. The molecule has 1 fully saturated rings. The van der Waals surface area contributed by atoms with E-state index in [-0.39, 0.29) is 29.7 Å². The molecule has 1 aliphatic heterocycles. The van der Waals surface area contributed by atoms with E-state index in [9.17, 15) is 14.4 Å². The largest absolute Gasteiger partial charge is 0.458 e. The Kier molecular flexibility index (Phi) is 5.21. The molecule has 4 heteroatoms. The molecule has 0 aromatic rings. The van der Waals surface area contributed by atoms with Crippen LogP contribution in [0.1, 0.15) is 33.6 Å². The van der Waals surface area contributed by atoms with Crippen LogP contribution >= 0.6 is 0 Å². The average molecular weight is 264 g/mol. The third-order valence-electron chi connectivity index (χ3n) is 3.58. The fourth-order valence-corrected chi connectivity index (χ4v) is 2.18. The Bertz CT molecular complexity index is 433. The monoisotopic (exact) mass is 264 g/mol. The number of allylic oxidation sites excluding steroid dienone is 2. The summed E-state index contributed by atoms with van der Waals surface area (Å²) in [6.07, 6.45) is 3.23. The molecule has 104 valence electrons. The van der Waals surface area contributed by atoms with Crippen molar-refractivity contribution in [1.29, 1.82) is 0 Å². The first-order valence-corrected chi connectivity index (χ1v) is 6.39. The molecule has 0 aromatic carbocycles. The fourth-order valence-electron chi connectivity index (χ4n) is 2.18. The van der Waals surface area contributed by atoms with Gasteiger partial charge in [-0.25, -0.2) is 0 Å². The zero-order valence-corrected chi connectivity index (χ0v) is 11.6. The van der Waals surface area contributed by atoms with E-state index in [1.165, 1.54) is 6.92 Å². The zero-order chi connectivity index (χ0) is 14.6. The van der Waals surface area contributed by atoms with Crippen LogP contribution in [-0.4, -0.2) is 24.1 Å². The number of rotatable bonds is 6. The van der Waals surface area contributed by atoms with Gasteiger partial charge in [0, 0.05) is 5.92 Å². The number of carbonyl (C=O) groups is 3. The summed E-state index contributed by atoms with van der Waals surface area (Å²) in [6.45, 7) is 8.69. The van der Waals surface area contributed by atoms with Gasteiger partial charge in [0.15, 0.2) is 5.78 Å². The van der Waals surface area contributed by atoms with Crippen molar-refractivity contribution in [3.05, 3.63) is 23.8 Å². The van der Waals surface area contributed by atoms with Crippen LogP contribution in [0.4, 0.5) is 0 Å². The van der Waals surface area contributed by atoms with Gasteiger partial charge in [-0.15, -0.1) is 0 Å². The number of esters is 1. The maximum absolute atomic E-state index is 11.6. The highest BCUT2D eigenvalue weighted by molar-refractivity contribution is 5.92. The highest BCUT2D eigenvalue weighted by Crippen LogP contribution is 2.33. The Balaban J connectivity index is 2.75. The van der Waals surface area contributed by atoms with Crippen LogP contribution in [0, 0.1) is 11.8 Å². The number of hydrogen-bond acceptors (Lipinski definition) is 4. The first-order valence-electron chi connectivity index (χ1n) is 6.39. The van der Waals surface area contributed by atoms with Gasteiger partial charge in [-0.3, -0.25) is 14.4 Å². The second-order valence-corrected chi connectivity index (χ2v) is 5.08. The van der Waals surface area contributed by atoms with Crippen molar-refractivity contribution < 1.29 is 19.1 Å². The summed E-state index contributed by atoms with van der Waals surface area (Å²) in [5.41, 5.74) is 1.10. The second-order valence-electron chi connectivity index (χ2n) is 5.08. The Morgan fingerprint density at radius 2 is 2.05 bits per heavy atom. The highest BCUT2D eigenvalue weighted by atomic mass is 16.6. The lowest BCUT2D eigenvalue weighted by molar-refractivity contribution is -0.142. The minimum Gasteiger partial charge on any atom is -0.458 e. The summed E-state index contributed by atoms with van der Waals surface area (Å²) in [5.74, 6) is -0.522. The number of aldehydes is 1. The van der Waals surface area contributed by atoms with Gasteiger partial charge >= 0.3 is 5.97 Å². The Hall–Kier alpha value is -1.71. The van der Waals surface area contributed by atoms with Crippen molar-refractivity contribution in [1.82, 2.24) is 0 Å². The molecule has 1 rings (SSSR count). The molecule has 0 bridgehead atoms. The smallest absolute Gasteiger partial charge is 0.309 e. The minimum absolute atomic E-state index is 0.0153. The van der Waals surface area contributed by atoms with Gasteiger partial charge in [-0.1, -0.05) is 13.5 Å². The van der Waals surface area contributed by atoms with Gasteiger partial charge in [0.25, 0.3) is 0 Å². The van der Waals surface area contributed by atoms with E-state index in [2.05, 4.69) is 6.58 Å². The van der Waals surface area contributed by atoms with Crippen molar-refractivity contribution in [3.63, 3.8) is 0 Å². The van der Waals surface area contributed by atoms with Crippen LogP contribution in [0.15, 0.2) is 23.8 Å². The molecule has 0 aromatic heterocycles. The van der Waals surface area contributed by atoms with Gasteiger partial charge in [-0.05, 0) is 43.9 Å². The minimum atomic E-state index is -0.382. The first kappa shape index (κ1) is 15.3. The van der Waals surface area contributed by atoms with Gasteiger partial charge in [0.05, 0.1) is 5.92 Å². The molecule has 0 spiro atoms. The Morgan fingerprint density at radius 1 is 1.42 bits per heavy atom. The van der Waals surface area contributed by atoms with Gasteiger partial charge in [0.2, 0.25) is 0 Å². The van der Waals surface area contributed by atoms with Crippen molar-refractivity contribution in [3.8, 4) is 0 Å². The fraction of sp³-hybridized carbons (Fsp3) is 0.533. The molecule has 0 N–H and O–H groups in total. The van der Waals surface area contributed by atoms with Gasteiger partial charge in [0.1, 0.15) is 12.4 Å². The van der Waals surface area contributed by atoms with E-state index in [0.29, 0.717) is 24.0 Å². The second kappa shape index (κ2) is 6.45. The van der Waals surface area contributed by atoms with Crippen molar-refractivity contribution in [2.75, 3.05) is 0 Å². The maximum atomic E-state index is 11.6. The molecular weight excluding hydrogens is 244 g/mol. The number of cyclic esters (lactones) is 1. The molecule has 1 aliphatic rings. The molecule has 19 heavy (non-hydrogen) atoms. The summed E-state index contributed by atoms with van der Waals surface area (Å²) < 4.78 is 5.26. The number of carbonyl (C=O) groups excluding carboxylic acids is 3. The van der Waals surface area contributed by atoms with Gasteiger partial charge < -0.3 is 4.74 Å². The highest BCUT2D eigenvalue weighted by Gasteiger charge is 2.40. The Labute approximate surface area is 113 Å². The topological polar surface area (TPSA) is 60.4 Å². The number of ketones is 1. The molecule has 1 heterocycles. The lowest BCUT2D eigenvalue weighted by Crippen LogP contribution is -2.18. The average Bonchev–Trinajstić information content (AvgIpc) is 2.62. The lowest BCUT2D eigenvalue weighted by atomic mass is 9.85. The van der Waals surface area contributed by atoms with Crippen LogP contribution in [0.25, 0.3) is 0 Å². The van der Waals surface area contributed by atoms with Crippen LogP contribution in [0.2, 0.25) is 0 Å². The molecular formula is C15H20O4. The molecule has 0 saturated carbocycles. The van der Waals surface area contributed by atoms with E-state index in [4.69, 9.17) is 4.74 Å². The molecule has 1 saturated heterocycles. The number of ether oxygens (including phenoxy) is 1. The third-order valence-corrected chi connectivity index (χ3v) is 3.58. The summed E-state index contributed by atoms with van der Waals surface area (Å²) in [4.78, 5) is 33.4. The van der Waals surface area contributed by atoms with Crippen LogP contribution in [0.5, 0.6) is 0 Å². The van der Waals surface area contributed by atoms with Crippen molar-refractivity contribution in [2.45, 2.75) is 39.7 Å². The third kappa shape index (κ3) is 3.88. The van der Waals surface area contributed by atoms with Crippen molar-refractivity contribution >= 4 is 18.0 Å². The molecule has 0 aliphatic carbocycles. The van der Waals surface area contributed by atoms with E-state index in [1.807, 2.05) is 6.92 Å². The number of hydrogen-bond donors (Lipinski definition) is 0. The van der Waals surface area contributed by atoms with E-state index < -0.39 is 0 Å². The molecule has 0 amide bonds. The van der Waals surface area contributed by atoms with Crippen LogP contribution < -0.4 is 0 Å². The number of Topliss-reactive ketones (excluding diaryl/α,β-unsaturated/α-hetero) is 1. The van der Waals surface area contributed by atoms with E-state index in [1.54, 1.807) is 13.0 Å². The normalized spacial score (nSPS) is 27.0.